The maximum absolute atomic E-state index is 11.8. The Morgan fingerprint density at radius 2 is 1.78 bits per heavy atom. The topological polar surface area (TPSA) is 44.9 Å². The minimum Gasteiger partial charge on any atom is -0.358 e. The van der Waals surface area contributed by atoms with E-state index in [-0.39, 0.29) is 11.8 Å². The average molecular weight is 304 g/mol. The lowest BCUT2D eigenvalue weighted by molar-refractivity contribution is -0.122. The summed E-state index contributed by atoms with van der Waals surface area (Å²) in [6.45, 7) is 0.683. The molecule has 2 aromatic carbocycles. The number of amides is 1. The van der Waals surface area contributed by atoms with Crippen LogP contribution in [0, 0.1) is 5.92 Å². The molecule has 0 bridgehead atoms. The van der Waals surface area contributed by atoms with Gasteiger partial charge < -0.3 is 10.3 Å². The number of H-pyrrole nitrogens is 1. The zero-order valence-electron chi connectivity index (χ0n) is 13.0. The van der Waals surface area contributed by atoms with E-state index in [1.807, 2.05) is 12.1 Å². The molecule has 0 radical (unpaired) electrons. The van der Waals surface area contributed by atoms with E-state index in [9.17, 15) is 4.79 Å². The summed E-state index contributed by atoms with van der Waals surface area (Å²) < 4.78 is 0. The van der Waals surface area contributed by atoms with E-state index in [0.717, 1.165) is 24.8 Å². The Morgan fingerprint density at radius 1 is 1.04 bits per heavy atom. The van der Waals surface area contributed by atoms with Crippen LogP contribution in [0.1, 0.15) is 18.5 Å². The highest BCUT2D eigenvalue weighted by molar-refractivity contribution is 5.97. The van der Waals surface area contributed by atoms with Gasteiger partial charge in [-0.1, -0.05) is 48.5 Å². The number of benzene rings is 2. The summed E-state index contributed by atoms with van der Waals surface area (Å²) in [5.74, 6) is 0.480. The normalized spacial score (nSPS) is 14.1. The number of hydrogen-bond acceptors (Lipinski definition) is 1. The number of aromatic amines is 1. The molecule has 0 saturated heterocycles. The Kier molecular flexibility index (Phi) is 3.62. The first-order chi connectivity index (χ1) is 11.3. The van der Waals surface area contributed by atoms with Crippen molar-refractivity contribution in [2.45, 2.75) is 19.3 Å². The summed E-state index contributed by atoms with van der Waals surface area (Å²) in [5, 5.41) is 4.30. The first-order valence-corrected chi connectivity index (χ1v) is 8.25. The molecule has 1 saturated carbocycles. The number of rotatable bonds is 5. The van der Waals surface area contributed by atoms with Crippen LogP contribution < -0.4 is 5.32 Å². The fourth-order valence-electron chi connectivity index (χ4n) is 3.12. The zero-order chi connectivity index (χ0) is 15.6. The van der Waals surface area contributed by atoms with Crippen LogP contribution in [0.5, 0.6) is 0 Å². The molecule has 1 fully saturated rings. The van der Waals surface area contributed by atoms with Gasteiger partial charge in [-0.15, -0.1) is 0 Å². The van der Waals surface area contributed by atoms with Crippen molar-refractivity contribution in [1.82, 2.24) is 10.3 Å². The molecule has 116 valence electrons. The second-order valence-corrected chi connectivity index (χ2v) is 6.21. The van der Waals surface area contributed by atoms with Gasteiger partial charge in [0.05, 0.1) is 0 Å². The Labute approximate surface area is 135 Å². The molecular weight excluding hydrogens is 284 g/mol. The highest BCUT2D eigenvalue weighted by atomic mass is 16.2. The number of carbonyl (C=O) groups is 1. The van der Waals surface area contributed by atoms with Crippen molar-refractivity contribution in [2.24, 2.45) is 5.92 Å². The van der Waals surface area contributed by atoms with E-state index in [1.165, 1.54) is 22.2 Å². The van der Waals surface area contributed by atoms with Crippen LogP contribution in [0.2, 0.25) is 0 Å². The standard InChI is InChI=1S/C20H20N2O/c23-20(15-10-11-15)21-13-12-18-19(14-6-2-1-3-7-14)16-8-4-5-9-17(16)22-18/h1-9,15,22H,10-13H2,(H,21,23). The largest absolute Gasteiger partial charge is 0.358 e. The maximum Gasteiger partial charge on any atom is 0.223 e. The van der Waals surface area contributed by atoms with Gasteiger partial charge in [0, 0.05) is 41.0 Å². The van der Waals surface area contributed by atoms with Gasteiger partial charge in [0.25, 0.3) is 0 Å². The van der Waals surface area contributed by atoms with Crippen LogP contribution in [0.25, 0.3) is 22.0 Å². The molecule has 4 rings (SSSR count). The van der Waals surface area contributed by atoms with Crippen molar-refractivity contribution >= 4 is 16.8 Å². The third-order valence-electron chi connectivity index (χ3n) is 4.47. The van der Waals surface area contributed by atoms with Crippen molar-refractivity contribution in [3.05, 3.63) is 60.3 Å². The average Bonchev–Trinajstić information content (AvgIpc) is 3.37. The second kappa shape index (κ2) is 5.92. The minimum atomic E-state index is 0.211. The number of carbonyl (C=O) groups excluding carboxylic acids is 1. The fraction of sp³-hybridized carbons (Fsp3) is 0.250. The zero-order valence-corrected chi connectivity index (χ0v) is 13.0. The number of para-hydroxylation sites is 1. The van der Waals surface area contributed by atoms with Gasteiger partial charge in [0.15, 0.2) is 0 Å². The van der Waals surface area contributed by atoms with Gasteiger partial charge >= 0.3 is 0 Å². The van der Waals surface area contributed by atoms with E-state index in [2.05, 4.69) is 52.8 Å². The van der Waals surface area contributed by atoms with E-state index in [4.69, 9.17) is 0 Å². The molecule has 0 aliphatic heterocycles. The molecule has 3 heteroatoms. The van der Waals surface area contributed by atoms with Gasteiger partial charge in [0.1, 0.15) is 0 Å². The molecule has 2 N–H and O–H groups in total. The van der Waals surface area contributed by atoms with Crippen LogP contribution in [0.15, 0.2) is 54.6 Å². The summed E-state index contributed by atoms with van der Waals surface area (Å²) in [4.78, 5) is 15.3. The highest BCUT2D eigenvalue weighted by Crippen LogP contribution is 2.32. The summed E-state index contributed by atoms with van der Waals surface area (Å²) in [6, 6.07) is 18.8. The quantitative estimate of drug-likeness (QED) is 0.737. The number of fused-ring (bicyclic) bond motifs is 1. The van der Waals surface area contributed by atoms with Gasteiger partial charge in [-0.2, -0.15) is 0 Å². The van der Waals surface area contributed by atoms with Crippen molar-refractivity contribution in [1.29, 1.82) is 0 Å². The number of hydrogen-bond donors (Lipinski definition) is 2. The predicted octanol–water partition coefficient (Wildman–Crippen LogP) is 3.90. The van der Waals surface area contributed by atoms with Gasteiger partial charge in [-0.25, -0.2) is 0 Å². The van der Waals surface area contributed by atoms with Crippen LogP contribution in [0.3, 0.4) is 0 Å². The molecule has 1 aromatic heterocycles. The fourth-order valence-corrected chi connectivity index (χ4v) is 3.12. The summed E-state index contributed by atoms with van der Waals surface area (Å²) in [6.07, 6.45) is 2.92. The molecule has 3 nitrogen and oxygen atoms in total. The Hall–Kier alpha value is -2.55. The Morgan fingerprint density at radius 3 is 2.57 bits per heavy atom. The maximum atomic E-state index is 11.8. The molecule has 0 unspecified atom stereocenters. The Bertz CT molecular complexity index is 831. The van der Waals surface area contributed by atoms with Crippen LogP contribution >= 0.6 is 0 Å². The molecular formula is C20H20N2O. The molecule has 3 aromatic rings. The SMILES string of the molecule is O=C(NCCc1[nH]c2ccccc2c1-c1ccccc1)C1CC1. The minimum absolute atomic E-state index is 0.211. The molecule has 23 heavy (non-hydrogen) atoms. The summed E-state index contributed by atoms with van der Waals surface area (Å²) in [5.41, 5.74) is 4.80. The van der Waals surface area contributed by atoms with Gasteiger partial charge in [0.2, 0.25) is 5.91 Å². The molecule has 1 aliphatic carbocycles. The number of nitrogens with one attached hydrogen (secondary N) is 2. The number of aromatic nitrogens is 1. The van der Waals surface area contributed by atoms with E-state index < -0.39 is 0 Å². The summed E-state index contributed by atoms with van der Waals surface area (Å²) >= 11 is 0. The lowest BCUT2D eigenvalue weighted by Crippen LogP contribution is -2.27. The predicted molar refractivity (Wildman–Crippen MR) is 93.2 cm³/mol. The van der Waals surface area contributed by atoms with E-state index >= 15 is 0 Å². The van der Waals surface area contributed by atoms with Crippen molar-refractivity contribution in [3.63, 3.8) is 0 Å². The van der Waals surface area contributed by atoms with Crippen molar-refractivity contribution < 1.29 is 4.79 Å². The van der Waals surface area contributed by atoms with Gasteiger partial charge in [-0.3, -0.25) is 4.79 Å². The smallest absolute Gasteiger partial charge is 0.223 e. The third-order valence-corrected chi connectivity index (χ3v) is 4.47. The monoisotopic (exact) mass is 304 g/mol. The molecule has 0 atom stereocenters. The second-order valence-electron chi connectivity index (χ2n) is 6.21. The van der Waals surface area contributed by atoms with E-state index in [0.29, 0.717) is 6.54 Å². The van der Waals surface area contributed by atoms with Crippen molar-refractivity contribution in [3.8, 4) is 11.1 Å². The first kappa shape index (κ1) is 14.1. The molecule has 1 heterocycles. The molecule has 0 spiro atoms. The van der Waals surface area contributed by atoms with Crippen LogP contribution in [0.4, 0.5) is 0 Å². The van der Waals surface area contributed by atoms with Crippen LogP contribution in [-0.2, 0) is 11.2 Å². The third kappa shape index (κ3) is 2.87. The molecule has 1 aliphatic rings. The lowest BCUT2D eigenvalue weighted by Gasteiger charge is -2.07. The Balaban J connectivity index is 1.63. The van der Waals surface area contributed by atoms with Crippen molar-refractivity contribution in [2.75, 3.05) is 6.54 Å². The summed E-state index contributed by atoms with van der Waals surface area (Å²) in [7, 11) is 0. The molecule has 1 amide bonds. The first-order valence-electron chi connectivity index (χ1n) is 8.25. The highest BCUT2D eigenvalue weighted by Gasteiger charge is 2.29. The van der Waals surface area contributed by atoms with Gasteiger partial charge in [-0.05, 0) is 24.5 Å². The van der Waals surface area contributed by atoms with E-state index in [1.54, 1.807) is 0 Å². The lowest BCUT2D eigenvalue weighted by atomic mass is 10.0. The van der Waals surface area contributed by atoms with Crippen LogP contribution in [-0.4, -0.2) is 17.4 Å².